The number of carbonyl (C=O) groups excluding carboxylic acids is 2. The first-order valence-electron chi connectivity index (χ1n) is 20.7. The molecule has 5 aromatic rings. The normalized spacial score (nSPS) is 22.2. The van der Waals surface area contributed by atoms with Crippen molar-refractivity contribution in [2.45, 2.75) is 95.3 Å². The van der Waals surface area contributed by atoms with E-state index in [0.29, 0.717) is 34.8 Å². The number of aliphatic hydroxyl groups is 4. The van der Waals surface area contributed by atoms with Crippen molar-refractivity contribution in [2.75, 3.05) is 5.32 Å². The van der Waals surface area contributed by atoms with Gasteiger partial charge >= 0.3 is 23.7 Å². The molecule has 3 aliphatic heterocycles. The minimum Gasteiger partial charge on any atom is -0.489 e. The number of fused-ring (bicyclic) bond motifs is 5. The number of nitro benzene ring substituents is 1. The standard InChI is InChI=1S/C46H42N4O16/c1-4-7-34(23-10-15-35(32(16-23)50(60)61)64-43-39(53)37(51)38(52)40(66-43)42(55)56)65-45(58)47-24-11-8-22(9-12-24)20-62-25-13-14-31-27(17-25)26(5-2)28-19-49-33(36(28)48-31)18-30-29(41(49)54)21-63-44(57)46(30,59)6-3/h1,8-18,34,37-40,43,51-53,59H,5-7,19-21H2,2-3H3,(H,47,58)(H,55,56)/t34-,37+,38+,39-,40+,43-,46-/m0/s1. The van der Waals surface area contributed by atoms with Crippen LogP contribution >= 0.6 is 0 Å². The number of esters is 1. The Hall–Kier alpha value is -7.41. The summed E-state index contributed by atoms with van der Waals surface area (Å²) in [5.74, 6) is -0.0341. The van der Waals surface area contributed by atoms with Crippen LogP contribution in [0.1, 0.15) is 66.2 Å². The predicted octanol–water partition coefficient (Wildman–Crippen LogP) is 3.71. The van der Waals surface area contributed by atoms with Crippen molar-refractivity contribution in [1.82, 2.24) is 9.55 Å². The van der Waals surface area contributed by atoms with Crippen LogP contribution in [0.15, 0.2) is 71.5 Å². The number of benzene rings is 3. The molecule has 1 saturated heterocycles. The molecular weight excluding hydrogens is 865 g/mol. The molecule has 1 amide bonds. The fourth-order valence-electron chi connectivity index (χ4n) is 8.35. The number of carbonyl (C=O) groups is 3. The molecule has 1 fully saturated rings. The van der Waals surface area contributed by atoms with Gasteiger partial charge < -0.3 is 53.8 Å². The lowest BCUT2D eigenvalue weighted by molar-refractivity contribution is -0.387. The van der Waals surface area contributed by atoms with E-state index >= 15 is 0 Å². The van der Waals surface area contributed by atoms with Crippen LogP contribution in [0.5, 0.6) is 11.5 Å². The third-order valence-electron chi connectivity index (χ3n) is 11.9. The van der Waals surface area contributed by atoms with E-state index in [1.807, 2.05) is 19.1 Å². The molecule has 5 heterocycles. The Balaban J connectivity index is 0.924. The van der Waals surface area contributed by atoms with Crippen molar-refractivity contribution in [2.24, 2.45) is 0 Å². The zero-order valence-electron chi connectivity index (χ0n) is 35.2. The van der Waals surface area contributed by atoms with Crippen molar-refractivity contribution in [3.05, 3.63) is 121 Å². The minimum atomic E-state index is -2.01. The third-order valence-corrected chi connectivity index (χ3v) is 11.9. The molecule has 8 rings (SSSR count). The third kappa shape index (κ3) is 8.14. The molecule has 342 valence electrons. The fraction of sp³-hybridized carbons (Fsp3) is 0.326. The zero-order valence-corrected chi connectivity index (χ0v) is 35.2. The van der Waals surface area contributed by atoms with Crippen molar-refractivity contribution in [1.29, 1.82) is 0 Å². The van der Waals surface area contributed by atoms with Gasteiger partial charge in [-0.05, 0) is 66.4 Å². The lowest BCUT2D eigenvalue weighted by Crippen LogP contribution is -2.61. The number of rotatable bonds is 13. The molecule has 20 heteroatoms. The lowest BCUT2D eigenvalue weighted by atomic mass is 9.86. The first kappa shape index (κ1) is 45.2. The number of pyridine rings is 2. The number of hydrogen-bond acceptors (Lipinski definition) is 16. The SMILES string of the molecule is C#CC[C@H](OC(=O)Nc1ccc(COc2ccc3nc4c(c(CC)c3c2)Cn2c-4cc3c(c2=O)COC(=O)[C@]3(O)CC)cc1)c1ccc(O[C@H]2O[C@@H](C(=O)O)[C@H](O)[C@@H](O)[C@@H]2O)c([N+](=O)[O-])c1. The summed E-state index contributed by atoms with van der Waals surface area (Å²) in [7, 11) is 0. The van der Waals surface area contributed by atoms with E-state index in [0.717, 1.165) is 34.2 Å². The molecule has 0 unspecified atom stereocenters. The maximum absolute atomic E-state index is 13.7. The number of aryl methyl sites for hydroxylation is 1. The second-order valence-corrected chi connectivity index (χ2v) is 15.8. The van der Waals surface area contributed by atoms with E-state index in [2.05, 4.69) is 11.2 Å². The number of amides is 1. The number of nitrogens with zero attached hydrogens (tertiary/aromatic N) is 3. The lowest BCUT2D eigenvalue weighted by Gasteiger charge is -2.38. The molecule has 0 bridgehead atoms. The number of nitrogens with one attached hydrogen (secondary N) is 1. The average molecular weight is 907 g/mol. The van der Waals surface area contributed by atoms with Crippen LogP contribution in [0.3, 0.4) is 0 Å². The second-order valence-electron chi connectivity index (χ2n) is 15.8. The number of hydrogen-bond donors (Lipinski definition) is 6. The molecule has 2 aromatic heterocycles. The van der Waals surface area contributed by atoms with Gasteiger partial charge in [0.1, 0.15) is 43.4 Å². The Morgan fingerprint density at radius 2 is 1.80 bits per heavy atom. The zero-order chi connectivity index (χ0) is 47.2. The first-order chi connectivity index (χ1) is 31.6. The van der Waals surface area contributed by atoms with Gasteiger partial charge in [0.15, 0.2) is 17.5 Å². The summed E-state index contributed by atoms with van der Waals surface area (Å²) in [6, 6.07) is 17.2. The van der Waals surface area contributed by atoms with Crippen LogP contribution in [0.25, 0.3) is 22.3 Å². The number of aliphatic hydroxyl groups excluding tert-OH is 3. The molecule has 66 heavy (non-hydrogen) atoms. The highest BCUT2D eigenvalue weighted by molar-refractivity contribution is 5.90. The number of cyclic esters (lactones) is 1. The number of anilines is 1. The molecule has 3 aromatic carbocycles. The van der Waals surface area contributed by atoms with Gasteiger partial charge in [-0.25, -0.2) is 19.4 Å². The Labute approximate surface area is 374 Å². The van der Waals surface area contributed by atoms with Crippen molar-refractivity contribution in [3.63, 3.8) is 0 Å². The van der Waals surface area contributed by atoms with Gasteiger partial charge in [-0.1, -0.05) is 32.0 Å². The molecule has 0 spiro atoms. The molecule has 7 atom stereocenters. The van der Waals surface area contributed by atoms with Crippen molar-refractivity contribution in [3.8, 4) is 35.2 Å². The Morgan fingerprint density at radius 1 is 1.05 bits per heavy atom. The molecule has 0 aliphatic carbocycles. The minimum absolute atomic E-state index is 0.0389. The number of terminal acetylenes is 1. The largest absolute Gasteiger partial charge is 0.489 e. The summed E-state index contributed by atoms with van der Waals surface area (Å²) in [4.78, 5) is 67.0. The quantitative estimate of drug-likeness (QED) is 0.0417. The first-order valence-corrected chi connectivity index (χ1v) is 20.7. The van der Waals surface area contributed by atoms with Crippen LogP contribution in [-0.2, 0) is 55.6 Å². The maximum atomic E-state index is 13.7. The van der Waals surface area contributed by atoms with E-state index in [-0.39, 0.29) is 54.8 Å². The second kappa shape index (κ2) is 17.9. The van der Waals surface area contributed by atoms with Gasteiger partial charge in [0.25, 0.3) is 5.56 Å². The average Bonchev–Trinajstić information content (AvgIpc) is 3.67. The Morgan fingerprint density at radius 3 is 2.48 bits per heavy atom. The predicted molar refractivity (Wildman–Crippen MR) is 229 cm³/mol. The van der Waals surface area contributed by atoms with Crippen LogP contribution in [-0.4, -0.2) is 88.7 Å². The summed E-state index contributed by atoms with van der Waals surface area (Å²) < 4.78 is 29.0. The smallest absolute Gasteiger partial charge is 0.412 e. The van der Waals surface area contributed by atoms with E-state index in [9.17, 15) is 54.8 Å². The number of nitro groups is 1. The molecule has 3 aliphatic rings. The van der Waals surface area contributed by atoms with E-state index in [1.165, 1.54) is 6.07 Å². The van der Waals surface area contributed by atoms with Crippen molar-refractivity contribution < 1.29 is 68.5 Å². The summed E-state index contributed by atoms with van der Waals surface area (Å²) in [5.41, 5.74) is 2.35. The van der Waals surface area contributed by atoms with Crippen LogP contribution < -0.4 is 20.3 Å². The van der Waals surface area contributed by atoms with E-state index < -0.39 is 76.8 Å². The number of aromatic nitrogens is 2. The monoisotopic (exact) mass is 906 g/mol. The van der Waals surface area contributed by atoms with Gasteiger partial charge in [0, 0.05) is 33.8 Å². The molecular formula is C46H42N4O16. The number of carboxylic acid groups (broad SMARTS) is 1. The van der Waals surface area contributed by atoms with Gasteiger partial charge in [-0.2, -0.15) is 0 Å². The fourth-order valence-corrected chi connectivity index (χ4v) is 8.35. The highest BCUT2D eigenvalue weighted by Crippen LogP contribution is 2.41. The van der Waals surface area contributed by atoms with Gasteiger partial charge in [0.2, 0.25) is 6.29 Å². The van der Waals surface area contributed by atoms with Crippen LogP contribution in [0.2, 0.25) is 0 Å². The van der Waals surface area contributed by atoms with Crippen molar-refractivity contribution >= 4 is 40.3 Å². The molecule has 0 radical (unpaired) electrons. The van der Waals surface area contributed by atoms with E-state index in [4.69, 9.17) is 35.1 Å². The Kier molecular flexibility index (Phi) is 12.2. The maximum Gasteiger partial charge on any atom is 0.412 e. The van der Waals surface area contributed by atoms with Crippen LogP contribution in [0, 0.1) is 22.5 Å². The number of carboxylic acids is 1. The topological polar surface area (TPSA) is 289 Å². The van der Waals surface area contributed by atoms with Crippen LogP contribution in [0.4, 0.5) is 16.2 Å². The highest BCUT2D eigenvalue weighted by Gasteiger charge is 2.49. The molecule has 0 saturated carbocycles. The summed E-state index contributed by atoms with van der Waals surface area (Å²) >= 11 is 0. The summed E-state index contributed by atoms with van der Waals surface area (Å²) in [6.07, 6.45) is -6.02. The van der Waals surface area contributed by atoms with Gasteiger partial charge in [-0.15, -0.1) is 12.3 Å². The number of ether oxygens (including phenoxy) is 5. The van der Waals surface area contributed by atoms with Gasteiger partial charge in [-0.3, -0.25) is 20.2 Å². The highest BCUT2D eigenvalue weighted by atomic mass is 16.7. The van der Waals surface area contributed by atoms with E-state index in [1.54, 1.807) is 47.9 Å². The molecule has 6 N–H and O–H groups in total. The summed E-state index contributed by atoms with van der Waals surface area (Å²) in [5, 5.41) is 66.4. The summed E-state index contributed by atoms with van der Waals surface area (Å²) in [6.45, 7) is 3.86. The van der Waals surface area contributed by atoms with Gasteiger partial charge in [0.05, 0.1) is 40.4 Å². The molecule has 20 nitrogen and oxygen atoms in total. The number of aliphatic carboxylic acids is 1. The Bertz CT molecular complexity index is 2890.